The van der Waals surface area contributed by atoms with E-state index in [0.29, 0.717) is 0 Å². The van der Waals surface area contributed by atoms with Gasteiger partial charge in [0.05, 0.1) is 9.80 Å². The lowest BCUT2D eigenvalue weighted by Gasteiger charge is -2.11. The van der Waals surface area contributed by atoms with Crippen LogP contribution in [0.15, 0.2) is 67.2 Å². The second-order valence-corrected chi connectivity index (χ2v) is 9.01. The molecular weight excluding hydrogens is 455 g/mol. The smallest absolute Gasteiger partial charge is 0.284 e. The van der Waals surface area contributed by atoms with Gasteiger partial charge in [0.2, 0.25) is 0 Å². The summed E-state index contributed by atoms with van der Waals surface area (Å²) in [6.45, 7) is 1.96. The summed E-state index contributed by atoms with van der Waals surface area (Å²) >= 11 is 4.16. The Morgan fingerprint density at radius 1 is 1.19 bits per heavy atom. The molecular formula is C18H14BrFN2O3S2. The zero-order valence-electron chi connectivity index (χ0n) is 14.1. The topological polar surface area (TPSA) is 66.8 Å². The van der Waals surface area contributed by atoms with Crippen LogP contribution in [0.2, 0.25) is 0 Å². The predicted octanol–water partition coefficient (Wildman–Crippen LogP) is 4.27. The van der Waals surface area contributed by atoms with Crippen molar-refractivity contribution in [1.82, 2.24) is 4.90 Å². The Kier molecular flexibility index (Phi) is 5.83. The minimum Gasteiger partial charge on any atom is -0.286 e. The highest BCUT2D eigenvalue weighted by molar-refractivity contribution is 9.10. The second kappa shape index (κ2) is 7.95. The van der Waals surface area contributed by atoms with Gasteiger partial charge in [-0.25, -0.2) is 4.39 Å². The molecule has 1 heterocycles. The van der Waals surface area contributed by atoms with Crippen LogP contribution >= 0.6 is 27.7 Å². The number of sulfonamides is 1. The number of rotatable bonds is 4. The molecule has 0 saturated carbocycles. The summed E-state index contributed by atoms with van der Waals surface area (Å²) in [5.74, 6) is -0.871. The van der Waals surface area contributed by atoms with Crippen LogP contribution in [0, 0.1) is 5.82 Å². The Morgan fingerprint density at radius 2 is 1.85 bits per heavy atom. The standard InChI is InChI=1S/C18H14BrFN2O3S2/c1-2-22-17(23)16(11-12-5-3-4-6-15(12)20)26-18(22)21-27(24,25)14-9-7-13(19)8-10-14/h3-11H,2H2,1H3/b16-11-,21-18?. The summed E-state index contributed by atoms with van der Waals surface area (Å²) in [6.07, 6.45) is 1.40. The molecule has 0 bridgehead atoms. The predicted molar refractivity (Wildman–Crippen MR) is 108 cm³/mol. The first-order chi connectivity index (χ1) is 12.8. The van der Waals surface area contributed by atoms with Crippen LogP contribution in [0.1, 0.15) is 12.5 Å². The number of thioether (sulfide) groups is 1. The van der Waals surface area contributed by atoms with Crippen LogP contribution in [-0.4, -0.2) is 30.9 Å². The third kappa shape index (κ3) is 4.31. The SMILES string of the molecule is CCN1C(=O)/C(=C/c2ccccc2F)SC1=NS(=O)(=O)c1ccc(Br)cc1. The first-order valence-electron chi connectivity index (χ1n) is 7.88. The highest BCUT2D eigenvalue weighted by Crippen LogP contribution is 2.34. The lowest BCUT2D eigenvalue weighted by atomic mass is 10.2. The number of hydrogen-bond acceptors (Lipinski definition) is 4. The normalized spacial score (nSPS) is 17.9. The summed E-state index contributed by atoms with van der Waals surface area (Å²) in [4.78, 5) is 14.1. The molecule has 0 aliphatic carbocycles. The van der Waals surface area contributed by atoms with Crippen molar-refractivity contribution in [3.63, 3.8) is 0 Å². The molecule has 2 aromatic rings. The number of carbonyl (C=O) groups excluding carboxylic acids is 1. The Hall–Kier alpha value is -1.97. The maximum Gasteiger partial charge on any atom is 0.284 e. The summed E-state index contributed by atoms with van der Waals surface area (Å²) in [5, 5.41) is 0.0491. The average molecular weight is 469 g/mol. The number of amides is 1. The zero-order valence-corrected chi connectivity index (χ0v) is 17.3. The molecule has 1 fully saturated rings. The van der Waals surface area contributed by atoms with E-state index in [2.05, 4.69) is 20.3 Å². The van der Waals surface area contributed by atoms with E-state index in [1.807, 2.05) is 0 Å². The van der Waals surface area contributed by atoms with Gasteiger partial charge in [-0.15, -0.1) is 4.40 Å². The van der Waals surface area contributed by atoms with E-state index in [4.69, 9.17) is 0 Å². The van der Waals surface area contributed by atoms with Gasteiger partial charge in [-0.2, -0.15) is 8.42 Å². The van der Waals surface area contributed by atoms with Crippen molar-refractivity contribution in [2.45, 2.75) is 11.8 Å². The number of nitrogens with zero attached hydrogens (tertiary/aromatic N) is 2. The summed E-state index contributed by atoms with van der Waals surface area (Å²) in [5.41, 5.74) is 0.251. The van der Waals surface area contributed by atoms with Crippen LogP contribution in [0.3, 0.4) is 0 Å². The highest BCUT2D eigenvalue weighted by atomic mass is 79.9. The van der Waals surface area contributed by atoms with Crippen LogP contribution in [0.25, 0.3) is 6.08 Å². The molecule has 3 rings (SSSR count). The van der Waals surface area contributed by atoms with Crippen molar-refractivity contribution in [1.29, 1.82) is 0 Å². The molecule has 5 nitrogen and oxygen atoms in total. The first kappa shape index (κ1) is 19.8. The van der Waals surface area contributed by atoms with E-state index >= 15 is 0 Å². The van der Waals surface area contributed by atoms with Crippen molar-refractivity contribution >= 4 is 54.9 Å². The van der Waals surface area contributed by atoms with Gasteiger partial charge in [-0.3, -0.25) is 9.69 Å². The van der Waals surface area contributed by atoms with E-state index in [9.17, 15) is 17.6 Å². The van der Waals surface area contributed by atoms with E-state index in [0.717, 1.165) is 16.2 Å². The molecule has 2 aromatic carbocycles. The molecule has 0 spiro atoms. The summed E-state index contributed by atoms with van der Waals surface area (Å²) in [7, 11) is -3.98. The third-order valence-corrected chi connectivity index (χ3v) is 6.64. The van der Waals surface area contributed by atoms with Gasteiger partial charge in [0.15, 0.2) is 5.17 Å². The largest absolute Gasteiger partial charge is 0.286 e. The molecule has 0 radical (unpaired) electrons. The molecule has 0 unspecified atom stereocenters. The van der Waals surface area contributed by atoms with Gasteiger partial charge in [-0.05, 0) is 55.1 Å². The molecule has 1 aliphatic heterocycles. The van der Waals surface area contributed by atoms with Gasteiger partial charge in [0.25, 0.3) is 15.9 Å². The van der Waals surface area contributed by atoms with E-state index in [1.165, 1.54) is 29.2 Å². The first-order valence-corrected chi connectivity index (χ1v) is 10.9. The van der Waals surface area contributed by atoms with Crippen molar-refractivity contribution in [2.24, 2.45) is 4.40 Å². The van der Waals surface area contributed by atoms with Crippen molar-refractivity contribution in [2.75, 3.05) is 6.54 Å². The van der Waals surface area contributed by atoms with Gasteiger partial charge in [0.1, 0.15) is 5.82 Å². The Balaban J connectivity index is 1.98. The maximum absolute atomic E-state index is 13.9. The molecule has 0 aromatic heterocycles. The van der Waals surface area contributed by atoms with Crippen molar-refractivity contribution in [3.05, 3.63) is 69.3 Å². The molecule has 0 atom stereocenters. The van der Waals surface area contributed by atoms with Gasteiger partial charge >= 0.3 is 0 Å². The fourth-order valence-electron chi connectivity index (χ4n) is 2.35. The lowest BCUT2D eigenvalue weighted by molar-refractivity contribution is -0.122. The second-order valence-electron chi connectivity index (χ2n) is 5.48. The Morgan fingerprint density at radius 3 is 2.48 bits per heavy atom. The monoisotopic (exact) mass is 468 g/mol. The molecule has 1 amide bonds. The van der Waals surface area contributed by atoms with Gasteiger partial charge in [-0.1, -0.05) is 34.1 Å². The van der Waals surface area contributed by atoms with Crippen LogP contribution < -0.4 is 0 Å². The fourth-order valence-corrected chi connectivity index (χ4v) is 4.85. The van der Waals surface area contributed by atoms with Gasteiger partial charge < -0.3 is 0 Å². The van der Waals surface area contributed by atoms with Crippen LogP contribution in [-0.2, 0) is 14.8 Å². The fraction of sp³-hybridized carbons (Fsp3) is 0.111. The lowest BCUT2D eigenvalue weighted by Crippen LogP contribution is -2.29. The zero-order chi connectivity index (χ0) is 19.6. The van der Waals surface area contributed by atoms with Crippen LogP contribution in [0.5, 0.6) is 0 Å². The van der Waals surface area contributed by atoms with E-state index in [1.54, 1.807) is 37.3 Å². The minimum absolute atomic E-state index is 0.0221. The third-order valence-electron chi connectivity index (χ3n) is 3.71. The summed E-state index contributed by atoms with van der Waals surface area (Å²) < 4.78 is 43.5. The molecule has 1 aliphatic rings. The number of likely N-dealkylation sites (N-methyl/N-ethyl adjacent to an activating group) is 1. The van der Waals surface area contributed by atoms with Crippen molar-refractivity contribution in [3.8, 4) is 0 Å². The highest BCUT2D eigenvalue weighted by Gasteiger charge is 2.34. The molecule has 0 N–H and O–H groups in total. The van der Waals surface area contributed by atoms with Gasteiger partial charge in [0, 0.05) is 16.6 Å². The molecule has 1 saturated heterocycles. The quantitative estimate of drug-likeness (QED) is 0.628. The molecule has 27 heavy (non-hydrogen) atoms. The average Bonchev–Trinajstić information content (AvgIpc) is 2.91. The van der Waals surface area contributed by atoms with E-state index in [-0.39, 0.29) is 27.1 Å². The number of halogens is 2. The minimum atomic E-state index is -3.98. The Bertz CT molecular complexity index is 1050. The van der Waals surface area contributed by atoms with E-state index < -0.39 is 21.7 Å². The number of carbonyl (C=O) groups is 1. The summed E-state index contributed by atoms with van der Waals surface area (Å²) in [6, 6.07) is 12.1. The number of benzene rings is 2. The van der Waals surface area contributed by atoms with Crippen molar-refractivity contribution < 1.29 is 17.6 Å². The number of amidine groups is 1. The van der Waals surface area contributed by atoms with Crippen LogP contribution in [0.4, 0.5) is 4.39 Å². The molecule has 140 valence electrons. The molecule has 9 heteroatoms. The number of hydrogen-bond donors (Lipinski definition) is 0. The maximum atomic E-state index is 13.9. The Labute approximate surface area is 169 Å².